The topological polar surface area (TPSA) is 68.2 Å². The maximum Gasteiger partial charge on any atom is 0.325 e. The first-order valence-electron chi connectivity index (χ1n) is 6.28. The number of ether oxygens (including phenoxy) is 1. The number of anilines is 1. The number of carbonyl (C=O) groups excluding carboxylic acids is 2. The fourth-order valence-corrected chi connectivity index (χ4v) is 2.00. The van der Waals surface area contributed by atoms with Gasteiger partial charge in [0.1, 0.15) is 13.2 Å². The molecule has 6 nitrogen and oxygen atoms in total. The number of hydrogen-bond acceptors (Lipinski definition) is 5. The standard InChI is InChI=1S/C14H16N2O4/c1-4-20-15-13-10-7-9(2)5-6-11(10)16(14(13)18)8-12(17)19-3/h5-7H,4,8H2,1-3H3/b15-13-. The van der Waals surface area contributed by atoms with Crippen molar-refractivity contribution in [3.63, 3.8) is 0 Å². The van der Waals surface area contributed by atoms with Crippen molar-refractivity contribution < 1.29 is 19.2 Å². The van der Waals surface area contributed by atoms with Crippen molar-refractivity contribution >= 4 is 23.3 Å². The molecule has 0 atom stereocenters. The summed E-state index contributed by atoms with van der Waals surface area (Å²) >= 11 is 0. The normalized spacial score (nSPS) is 15.4. The van der Waals surface area contributed by atoms with Crippen LogP contribution in [0, 0.1) is 6.92 Å². The van der Waals surface area contributed by atoms with Crippen molar-refractivity contribution in [1.29, 1.82) is 0 Å². The van der Waals surface area contributed by atoms with Crippen LogP contribution in [0.2, 0.25) is 0 Å². The Morgan fingerprint density at radius 3 is 2.80 bits per heavy atom. The van der Waals surface area contributed by atoms with E-state index in [0.717, 1.165) is 5.56 Å². The highest BCUT2D eigenvalue weighted by Gasteiger charge is 2.36. The first-order valence-corrected chi connectivity index (χ1v) is 6.28. The van der Waals surface area contributed by atoms with Crippen LogP contribution in [0.1, 0.15) is 18.1 Å². The first-order chi connectivity index (χ1) is 9.58. The average Bonchev–Trinajstić information content (AvgIpc) is 2.69. The van der Waals surface area contributed by atoms with Crippen molar-refractivity contribution in [1.82, 2.24) is 0 Å². The minimum Gasteiger partial charge on any atom is -0.468 e. The Balaban J connectivity index is 2.43. The summed E-state index contributed by atoms with van der Waals surface area (Å²) in [5.41, 5.74) is 2.53. The maximum atomic E-state index is 12.3. The molecule has 6 heteroatoms. The van der Waals surface area contributed by atoms with E-state index in [1.165, 1.54) is 12.0 Å². The van der Waals surface area contributed by atoms with Crippen LogP contribution in [-0.2, 0) is 19.2 Å². The number of benzene rings is 1. The summed E-state index contributed by atoms with van der Waals surface area (Å²) in [6, 6.07) is 5.52. The minimum absolute atomic E-state index is 0.142. The quantitative estimate of drug-likeness (QED) is 0.613. The van der Waals surface area contributed by atoms with E-state index in [2.05, 4.69) is 9.89 Å². The van der Waals surface area contributed by atoms with E-state index in [9.17, 15) is 9.59 Å². The number of carbonyl (C=O) groups is 2. The van der Waals surface area contributed by atoms with Crippen LogP contribution < -0.4 is 4.90 Å². The zero-order valence-electron chi connectivity index (χ0n) is 11.7. The lowest BCUT2D eigenvalue weighted by Gasteiger charge is -2.14. The number of nitrogens with zero attached hydrogens (tertiary/aromatic N) is 2. The van der Waals surface area contributed by atoms with Gasteiger partial charge >= 0.3 is 5.97 Å². The Bertz CT molecular complexity index is 581. The van der Waals surface area contributed by atoms with Crippen molar-refractivity contribution in [3.8, 4) is 0 Å². The van der Waals surface area contributed by atoms with Crippen LogP contribution in [0.25, 0.3) is 0 Å². The molecule has 0 bridgehead atoms. The van der Waals surface area contributed by atoms with E-state index < -0.39 is 5.97 Å². The van der Waals surface area contributed by atoms with Crippen molar-refractivity contribution in [3.05, 3.63) is 29.3 Å². The number of aryl methyl sites for hydroxylation is 1. The molecule has 106 valence electrons. The summed E-state index contributed by atoms with van der Waals surface area (Å²) in [6.45, 7) is 3.93. The van der Waals surface area contributed by atoms with Crippen LogP contribution in [0.15, 0.2) is 23.4 Å². The van der Waals surface area contributed by atoms with Gasteiger partial charge in [0.05, 0.1) is 12.8 Å². The lowest BCUT2D eigenvalue weighted by Crippen LogP contribution is -2.35. The summed E-state index contributed by atoms with van der Waals surface area (Å²) in [6.07, 6.45) is 0. The number of fused-ring (bicyclic) bond motifs is 1. The zero-order valence-corrected chi connectivity index (χ0v) is 11.7. The number of esters is 1. The monoisotopic (exact) mass is 276 g/mol. The molecule has 1 aliphatic heterocycles. The minimum atomic E-state index is -0.484. The number of amides is 1. The van der Waals surface area contributed by atoms with Crippen LogP contribution in [-0.4, -0.2) is 37.8 Å². The zero-order chi connectivity index (χ0) is 14.7. The molecule has 20 heavy (non-hydrogen) atoms. The molecule has 1 aromatic rings. The molecule has 0 fully saturated rings. The van der Waals surface area contributed by atoms with Gasteiger partial charge in [-0.05, 0) is 26.0 Å². The lowest BCUT2D eigenvalue weighted by atomic mass is 10.1. The van der Waals surface area contributed by atoms with Crippen molar-refractivity contribution in [2.24, 2.45) is 5.16 Å². The van der Waals surface area contributed by atoms with E-state index in [4.69, 9.17) is 4.84 Å². The molecular formula is C14H16N2O4. The van der Waals surface area contributed by atoms with E-state index in [0.29, 0.717) is 17.9 Å². The SMILES string of the molecule is CCO/N=C1\C(=O)N(CC(=O)OC)c2ccc(C)cc21. The number of oxime groups is 1. The maximum absolute atomic E-state index is 12.3. The second kappa shape index (κ2) is 5.73. The molecule has 1 aromatic carbocycles. The summed E-state index contributed by atoms with van der Waals surface area (Å²) in [5.74, 6) is -0.841. The molecule has 0 aliphatic carbocycles. The Morgan fingerprint density at radius 1 is 1.40 bits per heavy atom. The van der Waals surface area contributed by atoms with Gasteiger partial charge in [0, 0.05) is 5.56 Å². The number of hydrogen-bond donors (Lipinski definition) is 0. The Labute approximate surface area is 117 Å². The molecule has 0 radical (unpaired) electrons. The molecule has 0 N–H and O–H groups in total. The third-order valence-electron chi connectivity index (χ3n) is 2.95. The second-order valence-corrected chi connectivity index (χ2v) is 4.35. The molecule has 0 aromatic heterocycles. The molecule has 0 saturated heterocycles. The van der Waals surface area contributed by atoms with Gasteiger partial charge in [-0.2, -0.15) is 0 Å². The van der Waals surface area contributed by atoms with E-state index in [1.54, 1.807) is 13.0 Å². The molecule has 1 heterocycles. The van der Waals surface area contributed by atoms with Gasteiger partial charge in [0.15, 0.2) is 5.71 Å². The smallest absolute Gasteiger partial charge is 0.325 e. The third-order valence-corrected chi connectivity index (χ3v) is 2.95. The molecule has 0 saturated carbocycles. The summed E-state index contributed by atoms with van der Waals surface area (Å²) < 4.78 is 4.61. The fourth-order valence-electron chi connectivity index (χ4n) is 2.00. The predicted octanol–water partition coefficient (Wildman–Crippen LogP) is 1.26. The second-order valence-electron chi connectivity index (χ2n) is 4.35. The molecule has 2 rings (SSSR count). The first kappa shape index (κ1) is 14.0. The van der Waals surface area contributed by atoms with Crippen molar-refractivity contribution in [2.45, 2.75) is 13.8 Å². The molecule has 1 aliphatic rings. The van der Waals surface area contributed by atoms with Gasteiger partial charge in [-0.3, -0.25) is 14.5 Å². The predicted molar refractivity (Wildman–Crippen MR) is 73.7 cm³/mol. The van der Waals surface area contributed by atoms with E-state index >= 15 is 0 Å². The largest absolute Gasteiger partial charge is 0.468 e. The highest BCUT2D eigenvalue weighted by molar-refractivity contribution is 6.54. The summed E-state index contributed by atoms with van der Waals surface area (Å²) in [7, 11) is 1.29. The Morgan fingerprint density at radius 2 is 2.15 bits per heavy atom. The van der Waals surface area contributed by atoms with Crippen LogP contribution in [0.3, 0.4) is 0 Å². The Kier molecular flexibility index (Phi) is 4.02. The number of methoxy groups -OCH3 is 1. The van der Waals surface area contributed by atoms with Gasteiger partial charge in [-0.15, -0.1) is 0 Å². The highest BCUT2D eigenvalue weighted by Crippen LogP contribution is 2.30. The van der Waals surface area contributed by atoms with Crippen molar-refractivity contribution in [2.75, 3.05) is 25.2 Å². The fraction of sp³-hybridized carbons (Fsp3) is 0.357. The third kappa shape index (κ3) is 2.49. The number of rotatable bonds is 4. The van der Waals surface area contributed by atoms with E-state index in [1.807, 2.05) is 19.1 Å². The molecule has 0 spiro atoms. The highest BCUT2D eigenvalue weighted by atomic mass is 16.6. The van der Waals surface area contributed by atoms with Gasteiger partial charge in [0.2, 0.25) is 0 Å². The Hall–Kier alpha value is -2.37. The molecule has 1 amide bonds. The van der Waals surface area contributed by atoms with Gasteiger partial charge in [0.25, 0.3) is 5.91 Å². The van der Waals surface area contributed by atoms with E-state index in [-0.39, 0.29) is 18.2 Å². The summed E-state index contributed by atoms with van der Waals surface area (Å²) in [4.78, 5) is 30.1. The van der Waals surface area contributed by atoms with Gasteiger partial charge in [-0.25, -0.2) is 0 Å². The van der Waals surface area contributed by atoms with Gasteiger partial charge < -0.3 is 9.57 Å². The summed E-state index contributed by atoms with van der Waals surface area (Å²) in [5, 5.41) is 3.86. The molecular weight excluding hydrogens is 260 g/mol. The van der Waals surface area contributed by atoms with Crippen LogP contribution in [0.5, 0.6) is 0 Å². The van der Waals surface area contributed by atoms with Gasteiger partial charge in [-0.1, -0.05) is 16.8 Å². The van der Waals surface area contributed by atoms with Crippen LogP contribution in [0.4, 0.5) is 5.69 Å². The lowest BCUT2D eigenvalue weighted by molar-refractivity contribution is -0.139. The van der Waals surface area contributed by atoms with Crippen LogP contribution >= 0.6 is 0 Å². The average molecular weight is 276 g/mol. The molecule has 0 unspecified atom stereocenters.